The molecule has 1 N–H and O–H groups in total. The van der Waals surface area contributed by atoms with Gasteiger partial charge in [0.15, 0.2) is 6.29 Å². The van der Waals surface area contributed by atoms with Crippen LogP contribution in [0.1, 0.15) is 114 Å². The van der Waals surface area contributed by atoms with Crippen LogP contribution >= 0.6 is 0 Å². The Hall–Kier alpha value is -2.00. The molecular weight excluding hydrogens is 408 g/mol. The van der Waals surface area contributed by atoms with Crippen LogP contribution in [0.4, 0.5) is 0 Å². The Labute approximate surface area is 201 Å². The summed E-state index contributed by atoms with van der Waals surface area (Å²) in [6, 6.07) is 14.6. The number of rotatable bonds is 12. The van der Waals surface area contributed by atoms with Crippen LogP contribution in [0.25, 0.3) is 0 Å². The second kappa shape index (κ2) is 12.5. The van der Waals surface area contributed by atoms with E-state index >= 15 is 0 Å². The molecule has 0 heterocycles. The van der Waals surface area contributed by atoms with E-state index in [2.05, 4.69) is 52.0 Å². The van der Waals surface area contributed by atoms with Gasteiger partial charge in [0.05, 0.1) is 6.61 Å². The van der Waals surface area contributed by atoms with E-state index in [9.17, 15) is 5.11 Å². The average molecular weight is 453 g/mol. The van der Waals surface area contributed by atoms with Crippen molar-refractivity contribution in [3.63, 3.8) is 0 Å². The minimum absolute atomic E-state index is 0.240. The molecular formula is C30H44O3. The van der Waals surface area contributed by atoms with Crippen molar-refractivity contribution in [2.24, 2.45) is 5.92 Å². The zero-order valence-corrected chi connectivity index (χ0v) is 21.3. The summed E-state index contributed by atoms with van der Waals surface area (Å²) in [5.41, 5.74) is 3.87. The van der Waals surface area contributed by atoms with Crippen molar-refractivity contribution in [1.82, 2.24) is 0 Å². The highest BCUT2D eigenvalue weighted by atomic mass is 16.7. The number of phenols is 1. The summed E-state index contributed by atoms with van der Waals surface area (Å²) < 4.78 is 11.9. The third-order valence-corrected chi connectivity index (χ3v) is 7.69. The molecule has 0 saturated heterocycles. The Morgan fingerprint density at radius 3 is 2.27 bits per heavy atom. The molecule has 0 aromatic heterocycles. The maximum absolute atomic E-state index is 10.5. The summed E-state index contributed by atoms with van der Waals surface area (Å²) in [7, 11) is 0. The van der Waals surface area contributed by atoms with Crippen LogP contribution < -0.4 is 4.74 Å². The molecule has 182 valence electrons. The van der Waals surface area contributed by atoms with Crippen LogP contribution in [0.5, 0.6) is 11.5 Å². The van der Waals surface area contributed by atoms with Crippen LogP contribution in [0.2, 0.25) is 0 Å². The van der Waals surface area contributed by atoms with Gasteiger partial charge in [-0.25, -0.2) is 0 Å². The molecule has 3 rings (SSSR count). The molecule has 1 fully saturated rings. The molecule has 3 heteroatoms. The van der Waals surface area contributed by atoms with E-state index in [-0.39, 0.29) is 6.29 Å². The zero-order valence-electron chi connectivity index (χ0n) is 21.3. The lowest BCUT2D eigenvalue weighted by molar-refractivity contribution is -0.0683. The normalized spacial score (nSPS) is 21.0. The van der Waals surface area contributed by atoms with Gasteiger partial charge >= 0.3 is 0 Å². The summed E-state index contributed by atoms with van der Waals surface area (Å²) in [6.45, 7) is 11.6. The monoisotopic (exact) mass is 452 g/mol. The summed E-state index contributed by atoms with van der Waals surface area (Å²) >= 11 is 0. The van der Waals surface area contributed by atoms with E-state index < -0.39 is 0 Å². The predicted octanol–water partition coefficient (Wildman–Crippen LogP) is 8.52. The Morgan fingerprint density at radius 1 is 0.909 bits per heavy atom. The van der Waals surface area contributed by atoms with Gasteiger partial charge in [0.1, 0.15) is 11.5 Å². The molecule has 0 amide bonds. The third-order valence-electron chi connectivity index (χ3n) is 7.69. The van der Waals surface area contributed by atoms with E-state index in [1.54, 1.807) is 0 Å². The first-order valence-electron chi connectivity index (χ1n) is 13.1. The van der Waals surface area contributed by atoms with Gasteiger partial charge in [-0.3, -0.25) is 0 Å². The van der Waals surface area contributed by atoms with E-state index in [0.717, 1.165) is 43.1 Å². The number of ether oxygens (including phenoxy) is 2. The van der Waals surface area contributed by atoms with Gasteiger partial charge in [0, 0.05) is 0 Å². The Kier molecular flexibility index (Phi) is 9.67. The van der Waals surface area contributed by atoms with Gasteiger partial charge in [-0.1, -0.05) is 52.0 Å². The highest BCUT2D eigenvalue weighted by molar-refractivity contribution is 5.40. The fraction of sp³-hybridized carbons (Fsp3) is 0.600. The molecule has 0 spiro atoms. The largest absolute Gasteiger partial charge is 0.508 e. The molecule has 1 saturated carbocycles. The second-order valence-corrected chi connectivity index (χ2v) is 10.1. The predicted molar refractivity (Wildman–Crippen MR) is 137 cm³/mol. The fourth-order valence-electron chi connectivity index (χ4n) is 5.02. The topological polar surface area (TPSA) is 38.7 Å². The van der Waals surface area contributed by atoms with Crippen molar-refractivity contribution in [3.05, 3.63) is 59.2 Å². The molecule has 3 nitrogen and oxygen atoms in total. The molecule has 5 unspecified atom stereocenters. The molecule has 1 aliphatic carbocycles. The quantitative estimate of drug-likeness (QED) is 0.259. The Bertz CT molecular complexity index is 844. The van der Waals surface area contributed by atoms with Gasteiger partial charge in [-0.15, -0.1) is 0 Å². The van der Waals surface area contributed by atoms with Crippen LogP contribution in [0, 0.1) is 5.92 Å². The van der Waals surface area contributed by atoms with E-state index in [1.807, 2.05) is 25.1 Å². The van der Waals surface area contributed by atoms with Crippen LogP contribution in [0.15, 0.2) is 42.5 Å². The molecule has 0 radical (unpaired) electrons. The highest BCUT2D eigenvalue weighted by Gasteiger charge is 2.27. The van der Waals surface area contributed by atoms with Crippen molar-refractivity contribution < 1.29 is 14.6 Å². The SMILES string of the molecule is CCC(C)c1ccc(OC(C)OCCCC2CCC(c3cc(C(C)CC)ccc3O)C2)cc1. The lowest BCUT2D eigenvalue weighted by Gasteiger charge is -2.18. The van der Waals surface area contributed by atoms with Crippen molar-refractivity contribution in [1.29, 1.82) is 0 Å². The lowest BCUT2D eigenvalue weighted by Crippen LogP contribution is -2.17. The zero-order chi connectivity index (χ0) is 23.8. The molecule has 33 heavy (non-hydrogen) atoms. The fourth-order valence-corrected chi connectivity index (χ4v) is 5.02. The number of phenolic OH excluding ortho intramolecular Hbond substituents is 1. The van der Waals surface area contributed by atoms with Gasteiger partial charge < -0.3 is 14.6 Å². The number of benzene rings is 2. The first kappa shape index (κ1) is 25.6. The summed E-state index contributed by atoms with van der Waals surface area (Å²) in [6.07, 6.45) is 7.86. The average Bonchev–Trinajstić information content (AvgIpc) is 3.30. The molecule has 0 aliphatic heterocycles. The van der Waals surface area contributed by atoms with Gasteiger partial charge in [-0.2, -0.15) is 0 Å². The van der Waals surface area contributed by atoms with Crippen LogP contribution in [-0.2, 0) is 4.74 Å². The third kappa shape index (κ3) is 7.24. The second-order valence-electron chi connectivity index (χ2n) is 10.1. The Balaban J connectivity index is 1.39. The summed E-state index contributed by atoms with van der Waals surface area (Å²) in [4.78, 5) is 0. The molecule has 5 atom stereocenters. The number of aromatic hydroxyl groups is 1. The number of hydrogen-bond donors (Lipinski definition) is 1. The smallest absolute Gasteiger partial charge is 0.196 e. The molecule has 2 aromatic rings. The van der Waals surface area contributed by atoms with Crippen molar-refractivity contribution >= 4 is 0 Å². The van der Waals surface area contributed by atoms with Crippen molar-refractivity contribution in [2.45, 2.75) is 104 Å². The Morgan fingerprint density at radius 2 is 1.58 bits per heavy atom. The van der Waals surface area contributed by atoms with Crippen molar-refractivity contribution in [2.75, 3.05) is 6.61 Å². The van der Waals surface area contributed by atoms with E-state index in [1.165, 1.54) is 36.8 Å². The molecule has 2 aromatic carbocycles. The van der Waals surface area contributed by atoms with E-state index in [4.69, 9.17) is 9.47 Å². The first-order chi connectivity index (χ1) is 15.9. The minimum Gasteiger partial charge on any atom is -0.508 e. The summed E-state index contributed by atoms with van der Waals surface area (Å²) in [5, 5.41) is 10.5. The standard InChI is InChI=1S/C30H44O3/c1-6-21(3)25-12-15-28(16-13-25)33-23(5)32-18-8-9-24-10-11-27(19-24)29-20-26(22(4)7-2)14-17-30(29)31/h12-17,20-24,27,31H,6-11,18-19H2,1-5H3. The number of hydrogen-bond acceptors (Lipinski definition) is 3. The van der Waals surface area contributed by atoms with Gasteiger partial charge in [0.2, 0.25) is 0 Å². The molecule has 1 aliphatic rings. The highest BCUT2D eigenvalue weighted by Crippen LogP contribution is 2.44. The maximum atomic E-state index is 10.5. The molecule has 0 bridgehead atoms. The van der Waals surface area contributed by atoms with Gasteiger partial charge in [0.25, 0.3) is 0 Å². The summed E-state index contributed by atoms with van der Waals surface area (Å²) in [5.74, 6) is 3.67. The van der Waals surface area contributed by atoms with Crippen LogP contribution in [0.3, 0.4) is 0 Å². The van der Waals surface area contributed by atoms with E-state index in [0.29, 0.717) is 23.5 Å². The maximum Gasteiger partial charge on any atom is 0.196 e. The van der Waals surface area contributed by atoms with Crippen molar-refractivity contribution in [3.8, 4) is 11.5 Å². The van der Waals surface area contributed by atoms with Gasteiger partial charge in [-0.05, 0) is 110 Å². The first-order valence-corrected chi connectivity index (χ1v) is 13.1. The lowest BCUT2D eigenvalue weighted by atomic mass is 9.89. The minimum atomic E-state index is -0.240. The van der Waals surface area contributed by atoms with Crippen LogP contribution in [-0.4, -0.2) is 18.0 Å².